The van der Waals surface area contributed by atoms with E-state index in [0.29, 0.717) is 0 Å². The lowest BCUT2D eigenvalue weighted by Gasteiger charge is -2.12. The molecule has 2 N–H and O–H groups in total. The van der Waals surface area contributed by atoms with Gasteiger partial charge in [-0.15, -0.1) is 11.3 Å². The van der Waals surface area contributed by atoms with Crippen LogP contribution in [0.25, 0.3) is 0 Å². The second kappa shape index (κ2) is 9.93. The van der Waals surface area contributed by atoms with E-state index in [1.807, 2.05) is 23.5 Å². The van der Waals surface area contributed by atoms with Gasteiger partial charge in [0.2, 0.25) is 0 Å². The zero-order chi connectivity index (χ0) is 18.1. The number of hydrogen-bond acceptors (Lipinski definition) is 4. The molecule has 0 atom stereocenters. The Balaban J connectivity index is 1.80. The molecule has 136 valence electrons. The molecule has 0 saturated heterocycles. The molecule has 0 radical (unpaired) electrons. The molecule has 0 aliphatic heterocycles. The normalized spacial score (nSPS) is 11.3. The molecule has 25 heavy (non-hydrogen) atoms. The van der Waals surface area contributed by atoms with Crippen LogP contribution < -0.4 is 20.1 Å². The number of nitrogens with one attached hydrogen (secondary N) is 2. The van der Waals surface area contributed by atoms with Gasteiger partial charge in [0.1, 0.15) is 0 Å². The van der Waals surface area contributed by atoms with E-state index in [1.165, 1.54) is 15.3 Å². The molecule has 1 aromatic heterocycles. The first-order valence-electron chi connectivity index (χ1n) is 8.43. The average Bonchev–Trinajstić information content (AvgIpc) is 3.12. The fraction of sp³-hybridized carbons (Fsp3) is 0.421. The highest BCUT2D eigenvalue weighted by atomic mass is 32.1. The summed E-state index contributed by atoms with van der Waals surface area (Å²) in [5.41, 5.74) is 1.19. The lowest BCUT2D eigenvalue weighted by Crippen LogP contribution is -2.37. The maximum atomic E-state index is 5.34. The third kappa shape index (κ3) is 5.67. The van der Waals surface area contributed by atoms with Crippen molar-refractivity contribution in [3.63, 3.8) is 0 Å². The van der Waals surface area contributed by atoms with Gasteiger partial charge >= 0.3 is 0 Å². The minimum Gasteiger partial charge on any atom is -0.493 e. The molecule has 6 heteroatoms. The smallest absolute Gasteiger partial charge is 0.191 e. The van der Waals surface area contributed by atoms with E-state index in [9.17, 15) is 0 Å². The summed E-state index contributed by atoms with van der Waals surface area (Å²) in [7, 11) is 5.09. The van der Waals surface area contributed by atoms with Gasteiger partial charge in [-0.3, -0.25) is 4.99 Å². The molecule has 0 spiro atoms. The first kappa shape index (κ1) is 19.1. The molecule has 0 bridgehead atoms. The molecule has 0 fully saturated rings. The molecule has 1 heterocycles. The molecule has 0 aliphatic carbocycles. The number of aryl methyl sites for hydroxylation is 1. The molecule has 1 aromatic carbocycles. The third-order valence-electron chi connectivity index (χ3n) is 3.87. The van der Waals surface area contributed by atoms with Crippen LogP contribution in [0, 0.1) is 0 Å². The predicted octanol–water partition coefficient (Wildman–Crippen LogP) is 3.24. The Morgan fingerprint density at radius 1 is 1.04 bits per heavy atom. The van der Waals surface area contributed by atoms with Crippen LogP contribution in [-0.2, 0) is 19.4 Å². The van der Waals surface area contributed by atoms with Crippen LogP contribution in [0.2, 0.25) is 0 Å². The van der Waals surface area contributed by atoms with Gasteiger partial charge in [-0.25, -0.2) is 0 Å². The van der Waals surface area contributed by atoms with Crippen molar-refractivity contribution in [2.45, 2.75) is 26.3 Å². The van der Waals surface area contributed by atoms with Gasteiger partial charge in [-0.05, 0) is 42.7 Å². The van der Waals surface area contributed by atoms with E-state index < -0.39 is 0 Å². The van der Waals surface area contributed by atoms with Crippen LogP contribution in [0.4, 0.5) is 0 Å². The van der Waals surface area contributed by atoms with Crippen molar-refractivity contribution in [2.24, 2.45) is 4.99 Å². The van der Waals surface area contributed by atoms with Gasteiger partial charge in [-0.2, -0.15) is 0 Å². The van der Waals surface area contributed by atoms with Gasteiger partial charge in [0.05, 0.1) is 20.8 Å². The number of methoxy groups -OCH3 is 2. The average molecular weight is 362 g/mol. The van der Waals surface area contributed by atoms with E-state index in [2.05, 4.69) is 40.7 Å². The van der Waals surface area contributed by atoms with Crippen molar-refractivity contribution in [3.05, 3.63) is 45.6 Å². The third-order valence-corrected chi connectivity index (χ3v) is 5.10. The maximum absolute atomic E-state index is 5.34. The molecule has 2 rings (SSSR count). The van der Waals surface area contributed by atoms with Crippen molar-refractivity contribution in [1.82, 2.24) is 10.6 Å². The zero-order valence-corrected chi connectivity index (χ0v) is 16.2. The van der Waals surface area contributed by atoms with Crippen molar-refractivity contribution >= 4 is 17.3 Å². The van der Waals surface area contributed by atoms with E-state index >= 15 is 0 Å². The molecule has 0 aliphatic rings. The summed E-state index contributed by atoms with van der Waals surface area (Å²) in [6, 6.07) is 10.4. The summed E-state index contributed by atoms with van der Waals surface area (Å²) in [6.07, 6.45) is 1.96. The highest BCUT2D eigenvalue weighted by Crippen LogP contribution is 2.27. The minimum absolute atomic E-state index is 0.749. The molecule has 5 nitrogen and oxygen atoms in total. The topological polar surface area (TPSA) is 54.9 Å². The number of rotatable bonds is 8. The number of hydrogen-bond donors (Lipinski definition) is 2. The Morgan fingerprint density at radius 3 is 2.44 bits per heavy atom. The highest BCUT2D eigenvalue weighted by Gasteiger charge is 2.05. The standard InChI is InChI=1S/C19H27N3O2S/c1-5-15-7-8-16(25-15)13-22-19(20-2)21-11-10-14-6-9-17(23-3)18(12-14)24-4/h6-9,12H,5,10-11,13H2,1-4H3,(H2,20,21,22). The van der Waals surface area contributed by atoms with Crippen molar-refractivity contribution < 1.29 is 9.47 Å². The highest BCUT2D eigenvalue weighted by molar-refractivity contribution is 7.11. The maximum Gasteiger partial charge on any atom is 0.191 e. The Kier molecular flexibility index (Phi) is 7.60. The van der Waals surface area contributed by atoms with Gasteiger partial charge in [0, 0.05) is 23.3 Å². The lowest BCUT2D eigenvalue weighted by molar-refractivity contribution is 0.354. The van der Waals surface area contributed by atoms with E-state index in [0.717, 1.165) is 43.4 Å². The fourth-order valence-electron chi connectivity index (χ4n) is 2.46. The monoisotopic (exact) mass is 361 g/mol. The predicted molar refractivity (Wildman–Crippen MR) is 105 cm³/mol. The van der Waals surface area contributed by atoms with E-state index in [4.69, 9.17) is 9.47 Å². The largest absolute Gasteiger partial charge is 0.493 e. The summed E-state index contributed by atoms with van der Waals surface area (Å²) in [4.78, 5) is 7.01. The Bertz CT molecular complexity index is 698. The quantitative estimate of drug-likeness (QED) is 0.560. The van der Waals surface area contributed by atoms with Gasteiger partial charge < -0.3 is 20.1 Å². The Hall–Kier alpha value is -2.21. The van der Waals surface area contributed by atoms with Crippen LogP contribution >= 0.6 is 11.3 Å². The molecule has 0 saturated carbocycles. The van der Waals surface area contributed by atoms with Crippen LogP contribution in [0.15, 0.2) is 35.3 Å². The summed E-state index contributed by atoms with van der Waals surface area (Å²) >= 11 is 1.84. The van der Waals surface area contributed by atoms with E-state index in [-0.39, 0.29) is 0 Å². The minimum atomic E-state index is 0.749. The second-order valence-electron chi connectivity index (χ2n) is 5.51. The second-order valence-corrected chi connectivity index (χ2v) is 6.77. The van der Waals surface area contributed by atoms with Gasteiger partial charge in [0.15, 0.2) is 17.5 Å². The summed E-state index contributed by atoms with van der Waals surface area (Å²) < 4.78 is 10.6. The Morgan fingerprint density at radius 2 is 1.80 bits per heavy atom. The number of nitrogens with zero attached hydrogens (tertiary/aromatic N) is 1. The lowest BCUT2D eigenvalue weighted by atomic mass is 10.1. The number of thiophene rings is 1. The first-order valence-corrected chi connectivity index (χ1v) is 9.24. The van der Waals surface area contributed by atoms with Crippen LogP contribution in [0.1, 0.15) is 22.2 Å². The SMILES string of the molecule is CCc1ccc(CNC(=NC)NCCc2ccc(OC)c(OC)c2)s1. The number of benzene rings is 1. The van der Waals surface area contributed by atoms with E-state index in [1.54, 1.807) is 21.3 Å². The fourth-order valence-corrected chi connectivity index (χ4v) is 3.36. The van der Waals surface area contributed by atoms with Gasteiger partial charge in [0.25, 0.3) is 0 Å². The summed E-state index contributed by atoms with van der Waals surface area (Å²) in [5.74, 6) is 2.32. The number of aliphatic imine (C=N–C) groups is 1. The first-order chi connectivity index (χ1) is 12.2. The molecular weight excluding hydrogens is 334 g/mol. The van der Waals surface area contributed by atoms with Crippen molar-refractivity contribution in [2.75, 3.05) is 27.8 Å². The number of guanidine groups is 1. The zero-order valence-electron chi connectivity index (χ0n) is 15.4. The van der Waals surface area contributed by atoms with Crippen LogP contribution in [-0.4, -0.2) is 33.8 Å². The van der Waals surface area contributed by atoms with Crippen molar-refractivity contribution in [3.8, 4) is 11.5 Å². The van der Waals surface area contributed by atoms with Crippen LogP contribution in [0.3, 0.4) is 0 Å². The van der Waals surface area contributed by atoms with Crippen molar-refractivity contribution in [1.29, 1.82) is 0 Å². The molecule has 0 unspecified atom stereocenters. The molecular formula is C19H27N3O2S. The summed E-state index contributed by atoms with van der Waals surface area (Å²) in [6.45, 7) is 3.76. The molecule has 2 aromatic rings. The van der Waals surface area contributed by atoms with Gasteiger partial charge in [-0.1, -0.05) is 13.0 Å². The summed E-state index contributed by atoms with van der Waals surface area (Å²) in [5, 5.41) is 6.70. The Labute approximate surface area is 154 Å². The van der Waals surface area contributed by atoms with Crippen LogP contribution in [0.5, 0.6) is 11.5 Å². The molecule has 0 amide bonds. The number of ether oxygens (including phenoxy) is 2.